The second-order valence-electron chi connectivity index (χ2n) is 6.33. The average Bonchev–Trinajstić information content (AvgIpc) is 2.81. The van der Waals surface area contributed by atoms with Crippen molar-refractivity contribution in [2.24, 2.45) is 5.92 Å². The van der Waals surface area contributed by atoms with Gasteiger partial charge < -0.3 is 0 Å². The molecule has 2 nitrogen and oxygen atoms in total. The minimum atomic E-state index is -0.148. The number of benzene rings is 1. The Hall–Kier alpha value is -1.64. The van der Waals surface area contributed by atoms with Crippen molar-refractivity contribution in [1.82, 2.24) is 9.78 Å². The van der Waals surface area contributed by atoms with Crippen LogP contribution < -0.4 is 0 Å². The van der Waals surface area contributed by atoms with Crippen LogP contribution in [-0.2, 0) is 13.0 Å². The average molecular weight is 288 g/mol. The first-order valence-corrected chi connectivity index (χ1v) is 7.78. The van der Waals surface area contributed by atoms with Gasteiger partial charge in [0, 0.05) is 17.7 Å². The lowest BCUT2D eigenvalue weighted by atomic mass is 9.96. The van der Waals surface area contributed by atoms with Crippen LogP contribution in [0.4, 0.5) is 4.39 Å². The molecule has 0 fully saturated rings. The number of rotatable bonds is 5. The molecule has 0 bridgehead atoms. The Morgan fingerprint density at radius 3 is 2.43 bits per heavy atom. The normalized spacial score (nSPS) is 11.6. The molecule has 0 saturated carbocycles. The fraction of sp³-hybridized carbons (Fsp3) is 0.500. The summed E-state index contributed by atoms with van der Waals surface area (Å²) >= 11 is 0. The van der Waals surface area contributed by atoms with Gasteiger partial charge in [-0.05, 0) is 42.9 Å². The van der Waals surface area contributed by atoms with E-state index in [1.165, 1.54) is 0 Å². The molecule has 0 saturated heterocycles. The van der Waals surface area contributed by atoms with E-state index in [0.29, 0.717) is 17.4 Å². The van der Waals surface area contributed by atoms with E-state index in [-0.39, 0.29) is 5.82 Å². The number of nitrogens with zero attached hydrogens (tertiary/aromatic N) is 2. The topological polar surface area (TPSA) is 17.8 Å². The highest BCUT2D eigenvalue weighted by Crippen LogP contribution is 2.31. The molecule has 0 aliphatic heterocycles. The number of hydrogen-bond donors (Lipinski definition) is 0. The van der Waals surface area contributed by atoms with Crippen LogP contribution >= 0.6 is 0 Å². The number of halogens is 1. The zero-order valence-electron chi connectivity index (χ0n) is 13.7. The molecule has 0 spiro atoms. The summed E-state index contributed by atoms with van der Waals surface area (Å²) in [5.41, 5.74) is 3.74. The lowest BCUT2D eigenvalue weighted by Crippen LogP contribution is -2.03. The Morgan fingerprint density at radius 1 is 1.19 bits per heavy atom. The quantitative estimate of drug-likeness (QED) is 0.754. The molecule has 1 heterocycles. The van der Waals surface area contributed by atoms with Crippen LogP contribution in [0.5, 0.6) is 0 Å². The molecule has 0 unspecified atom stereocenters. The molecule has 0 aliphatic carbocycles. The summed E-state index contributed by atoms with van der Waals surface area (Å²) in [6.07, 6.45) is 2.77. The Labute approximate surface area is 127 Å². The van der Waals surface area contributed by atoms with Gasteiger partial charge in [-0.15, -0.1) is 0 Å². The highest BCUT2D eigenvalue weighted by molar-refractivity contribution is 5.65. The van der Waals surface area contributed by atoms with E-state index in [0.717, 1.165) is 29.8 Å². The molecule has 3 heteroatoms. The van der Waals surface area contributed by atoms with Gasteiger partial charge >= 0.3 is 0 Å². The summed E-state index contributed by atoms with van der Waals surface area (Å²) in [7, 11) is 0. The fourth-order valence-electron chi connectivity index (χ4n) is 2.71. The van der Waals surface area contributed by atoms with Crippen molar-refractivity contribution in [2.75, 3.05) is 0 Å². The van der Waals surface area contributed by atoms with E-state index in [4.69, 9.17) is 0 Å². The molecule has 2 rings (SSSR count). The van der Waals surface area contributed by atoms with Gasteiger partial charge in [-0.1, -0.05) is 33.8 Å². The highest BCUT2D eigenvalue weighted by atomic mass is 19.1. The van der Waals surface area contributed by atoms with Crippen molar-refractivity contribution >= 4 is 0 Å². The van der Waals surface area contributed by atoms with Gasteiger partial charge in [0.15, 0.2) is 0 Å². The summed E-state index contributed by atoms with van der Waals surface area (Å²) in [6, 6.07) is 5.62. The van der Waals surface area contributed by atoms with Gasteiger partial charge in [0.25, 0.3) is 0 Å². The molecule has 2 aromatic rings. The monoisotopic (exact) mass is 288 g/mol. The molecule has 1 aromatic carbocycles. The van der Waals surface area contributed by atoms with Crippen molar-refractivity contribution in [3.05, 3.63) is 41.3 Å². The van der Waals surface area contributed by atoms with E-state index in [1.807, 2.05) is 29.9 Å². The smallest absolute Gasteiger partial charge is 0.132 e. The van der Waals surface area contributed by atoms with Crippen molar-refractivity contribution in [3.63, 3.8) is 0 Å². The van der Waals surface area contributed by atoms with Crippen LogP contribution in [0.25, 0.3) is 11.3 Å². The van der Waals surface area contributed by atoms with Crippen LogP contribution in [-0.4, -0.2) is 9.78 Å². The standard InChI is InChI=1S/C18H25FN2/c1-6-21-18(16(11-20-21)13(4)5)15-8-7-14(9-12(2)3)10-17(15)19/h7-8,10-13H,6,9H2,1-5H3. The molecule has 0 N–H and O–H groups in total. The maximum absolute atomic E-state index is 14.6. The third kappa shape index (κ3) is 3.34. The summed E-state index contributed by atoms with van der Waals surface area (Å²) in [5.74, 6) is 0.711. The zero-order chi connectivity index (χ0) is 15.6. The second kappa shape index (κ2) is 6.42. The Bertz CT molecular complexity index is 612. The molecule has 0 atom stereocenters. The minimum absolute atomic E-state index is 0.148. The van der Waals surface area contributed by atoms with E-state index in [2.05, 4.69) is 32.8 Å². The van der Waals surface area contributed by atoms with Crippen LogP contribution in [0, 0.1) is 11.7 Å². The number of hydrogen-bond acceptors (Lipinski definition) is 1. The Morgan fingerprint density at radius 2 is 1.90 bits per heavy atom. The Kier molecular flexibility index (Phi) is 4.81. The summed E-state index contributed by atoms with van der Waals surface area (Å²) in [5, 5.41) is 4.39. The van der Waals surface area contributed by atoms with Gasteiger partial charge in [-0.3, -0.25) is 4.68 Å². The molecule has 114 valence electrons. The predicted molar refractivity (Wildman–Crippen MR) is 85.9 cm³/mol. The molecular weight excluding hydrogens is 263 g/mol. The minimum Gasteiger partial charge on any atom is -0.265 e. The number of aromatic nitrogens is 2. The molecule has 1 aromatic heterocycles. The maximum Gasteiger partial charge on any atom is 0.132 e. The SMILES string of the molecule is CCn1ncc(C(C)C)c1-c1ccc(CC(C)C)cc1F. The van der Waals surface area contributed by atoms with E-state index >= 15 is 0 Å². The van der Waals surface area contributed by atoms with Crippen molar-refractivity contribution < 1.29 is 4.39 Å². The zero-order valence-corrected chi connectivity index (χ0v) is 13.7. The lowest BCUT2D eigenvalue weighted by molar-refractivity contribution is 0.609. The molecule has 0 radical (unpaired) electrons. The fourth-order valence-corrected chi connectivity index (χ4v) is 2.71. The first kappa shape index (κ1) is 15.7. The molecular formula is C18H25FN2. The summed E-state index contributed by atoms with van der Waals surface area (Å²) in [6.45, 7) is 11.3. The van der Waals surface area contributed by atoms with Crippen LogP contribution in [0.1, 0.15) is 51.7 Å². The lowest BCUT2D eigenvalue weighted by Gasteiger charge is -2.13. The van der Waals surface area contributed by atoms with E-state index in [9.17, 15) is 4.39 Å². The van der Waals surface area contributed by atoms with Crippen LogP contribution in [0.15, 0.2) is 24.4 Å². The first-order valence-electron chi connectivity index (χ1n) is 7.78. The Balaban J connectivity index is 2.49. The molecule has 0 amide bonds. The van der Waals surface area contributed by atoms with Gasteiger partial charge in [0.2, 0.25) is 0 Å². The summed E-state index contributed by atoms with van der Waals surface area (Å²) in [4.78, 5) is 0. The van der Waals surface area contributed by atoms with Crippen molar-refractivity contribution in [1.29, 1.82) is 0 Å². The molecule has 21 heavy (non-hydrogen) atoms. The number of aryl methyl sites for hydroxylation is 1. The van der Waals surface area contributed by atoms with Gasteiger partial charge in [-0.2, -0.15) is 5.10 Å². The van der Waals surface area contributed by atoms with Crippen LogP contribution in [0.3, 0.4) is 0 Å². The maximum atomic E-state index is 14.6. The highest BCUT2D eigenvalue weighted by Gasteiger charge is 2.18. The van der Waals surface area contributed by atoms with Crippen LogP contribution in [0.2, 0.25) is 0 Å². The van der Waals surface area contributed by atoms with Gasteiger partial charge in [0.1, 0.15) is 5.82 Å². The largest absolute Gasteiger partial charge is 0.265 e. The third-order valence-corrected chi connectivity index (χ3v) is 3.72. The van der Waals surface area contributed by atoms with Gasteiger partial charge in [0.05, 0.1) is 11.9 Å². The predicted octanol–water partition coefficient (Wildman–Crippen LogP) is 5.03. The van der Waals surface area contributed by atoms with Crippen molar-refractivity contribution in [3.8, 4) is 11.3 Å². The first-order chi connectivity index (χ1) is 9.93. The third-order valence-electron chi connectivity index (χ3n) is 3.72. The van der Waals surface area contributed by atoms with Gasteiger partial charge in [-0.25, -0.2) is 4.39 Å². The summed E-state index contributed by atoms with van der Waals surface area (Å²) < 4.78 is 16.5. The second-order valence-corrected chi connectivity index (χ2v) is 6.33. The van der Waals surface area contributed by atoms with E-state index in [1.54, 1.807) is 6.07 Å². The molecule has 0 aliphatic rings. The van der Waals surface area contributed by atoms with E-state index < -0.39 is 0 Å². The van der Waals surface area contributed by atoms with Crippen molar-refractivity contribution in [2.45, 2.75) is 53.5 Å².